The fourth-order valence-corrected chi connectivity index (χ4v) is 4.95. The minimum atomic E-state index is -1.05. The predicted octanol–water partition coefficient (Wildman–Crippen LogP) is 4.94. The van der Waals surface area contributed by atoms with Gasteiger partial charge >= 0.3 is 18.0 Å². The third-order valence-corrected chi connectivity index (χ3v) is 7.48. The summed E-state index contributed by atoms with van der Waals surface area (Å²) in [6, 6.07) is 0. The molecule has 0 bridgehead atoms. The van der Waals surface area contributed by atoms with Crippen LogP contribution < -0.4 is 10.6 Å². The number of unbranched alkanes of at least 4 members (excludes halogenated alkanes) is 9. The average molecular weight is 790 g/mol. The smallest absolute Gasteiger partial charge is 0.417 e. The van der Waals surface area contributed by atoms with Gasteiger partial charge in [-0.15, -0.1) is 0 Å². The van der Waals surface area contributed by atoms with Crippen LogP contribution in [0.3, 0.4) is 0 Å². The number of esters is 1. The molecule has 16 heteroatoms. The first-order valence-electron chi connectivity index (χ1n) is 19.8. The van der Waals surface area contributed by atoms with E-state index in [1.54, 1.807) is 20.8 Å². The number of hydrogen-bond acceptors (Lipinski definition) is 12. The first kappa shape index (κ1) is 51.7. The molecule has 320 valence electrons. The van der Waals surface area contributed by atoms with Crippen molar-refractivity contribution in [3.63, 3.8) is 0 Å². The molecule has 0 unspecified atom stereocenters. The number of aliphatic carboxylic acids is 1. The van der Waals surface area contributed by atoms with Crippen molar-refractivity contribution in [3.05, 3.63) is 0 Å². The molecule has 0 spiro atoms. The van der Waals surface area contributed by atoms with E-state index in [-0.39, 0.29) is 109 Å². The van der Waals surface area contributed by atoms with Gasteiger partial charge in [0, 0.05) is 38.9 Å². The highest BCUT2D eigenvalue weighted by atomic mass is 16.6. The normalized spacial score (nSPS) is 11.5. The molecule has 4 amide bonds. The van der Waals surface area contributed by atoms with Crippen molar-refractivity contribution in [3.8, 4) is 0 Å². The molecule has 0 rings (SSSR count). The third kappa shape index (κ3) is 36.1. The summed E-state index contributed by atoms with van der Waals surface area (Å²) in [5.74, 6) is -2.03. The minimum Gasteiger partial charge on any atom is -0.480 e. The van der Waals surface area contributed by atoms with Gasteiger partial charge in [0.1, 0.15) is 24.4 Å². The summed E-state index contributed by atoms with van der Waals surface area (Å²) in [6.07, 6.45) is 10.5. The van der Waals surface area contributed by atoms with Crippen molar-refractivity contribution in [2.24, 2.45) is 0 Å². The van der Waals surface area contributed by atoms with Crippen LogP contribution in [0.4, 0.5) is 4.79 Å². The lowest BCUT2D eigenvalue weighted by Gasteiger charge is -2.26. The Kier molecular flexibility index (Phi) is 29.9. The molecule has 0 saturated heterocycles. The highest BCUT2D eigenvalue weighted by molar-refractivity contribution is 5.92. The Morgan fingerprint density at radius 3 is 1.47 bits per heavy atom. The standard InChI is InChI=1S/C39H71N3O13/c1-38(2,3)54-36(48)20-16-14-12-10-8-7-9-11-13-15-19-34(45)42(37(49)55-39(4,5)6)23-17-18-32(43)40-21-24-50-26-28-52-30-33(44)41-22-25-51-27-29-53-31-35(46)47/h7-31H2,1-6H3,(H,40,43)(H,41,44)(H,46,47). The van der Waals surface area contributed by atoms with E-state index in [9.17, 15) is 28.8 Å². The Labute approximate surface area is 328 Å². The third-order valence-electron chi connectivity index (χ3n) is 7.48. The van der Waals surface area contributed by atoms with Crippen LogP contribution in [0.15, 0.2) is 0 Å². The van der Waals surface area contributed by atoms with Crippen molar-refractivity contribution in [1.82, 2.24) is 15.5 Å². The van der Waals surface area contributed by atoms with Crippen LogP contribution in [-0.2, 0) is 52.4 Å². The molecular weight excluding hydrogens is 718 g/mol. The van der Waals surface area contributed by atoms with Gasteiger partial charge in [-0.05, 0) is 60.8 Å². The van der Waals surface area contributed by atoms with Crippen LogP contribution in [0.2, 0.25) is 0 Å². The lowest BCUT2D eigenvalue weighted by molar-refractivity contribution is -0.155. The summed E-state index contributed by atoms with van der Waals surface area (Å²) in [5.41, 5.74) is -1.20. The first-order chi connectivity index (χ1) is 26.0. The van der Waals surface area contributed by atoms with Gasteiger partial charge in [-0.1, -0.05) is 51.4 Å². The lowest BCUT2D eigenvalue weighted by atomic mass is 10.0. The Morgan fingerprint density at radius 1 is 0.509 bits per heavy atom. The highest BCUT2D eigenvalue weighted by Crippen LogP contribution is 2.16. The van der Waals surface area contributed by atoms with Crippen LogP contribution in [0, 0.1) is 0 Å². The Morgan fingerprint density at radius 2 is 0.964 bits per heavy atom. The number of carbonyl (C=O) groups excluding carboxylic acids is 5. The summed E-state index contributed by atoms with van der Waals surface area (Å²) in [5, 5.41) is 13.8. The lowest BCUT2D eigenvalue weighted by Crippen LogP contribution is -2.41. The molecule has 16 nitrogen and oxygen atoms in total. The van der Waals surface area contributed by atoms with Crippen LogP contribution in [-0.4, -0.2) is 129 Å². The zero-order valence-corrected chi connectivity index (χ0v) is 34.5. The minimum absolute atomic E-state index is 0.0803. The monoisotopic (exact) mass is 789 g/mol. The molecule has 0 radical (unpaired) electrons. The van der Waals surface area contributed by atoms with Crippen molar-refractivity contribution in [2.45, 2.75) is 143 Å². The van der Waals surface area contributed by atoms with Gasteiger partial charge in [0.2, 0.25) is 17.7 Å². The zero-order valence-electron chi connectivity index (χ0n) is 34.5. The van der Waals surface area contributed by atoms with Crippen LogP contribution in [0.5, 0.6) is 0 Å². The van der Waals surface area contributed by atoms with E-state index in [0.29, 0.717) is 19.3 Å². The van der Waals surface area contributed by atoms with Gasteiger partial charge < -0.3 is 44.2 Å². The second kappa shape index (κ2) is 31.8. The SMILES string of the molecule is CC(C)(C)OC(=O)CCCCCCCCCCCCC(=O)N(CCCC(=O)NCCOCCOCC(=O)NCCOCCOCC(=O)O)C(=O)OC(C)(C)C. The quantitative estimate of drug-likeness (QED) is 0.0596. The molecule has 0 saturated carbocycles. The Balaban J connectivity index is 4.07. The fraction of sp³-hybridized carbons (Fsp3) is 0.846. The number of imide groups is 1. The van der Waals surface area contributed by atoms with Gasteiger partial charge in [-0.25, -0.2) is 14.5 Å². The Bertz CT molecular complexity index is 1090. The molecule has 0 aliphatic rings. The van der Waals surface area contributed by atoms with Gasteiger partial charge in [-0.3, -0.25) is 19.2 Å². The van der Waals surface area contributed by atoms with Crippen molar-refractivity contribution in [2.75, 3.05) is 72.5 Å². The molecule has 0 aromatic heterocycles. The van der Waals surface area contributed by atoms with Crippen LogP contribution in [0.25, 0.3) is 0 Å². The van der Waals surface area contributed by atoms with E-state index in [1.165, 1.54) is 0 Å². The highest BCUT2D eigenvalue weighted by Gasteiger charge is 2.26. The Hall–Kier alpha value is -3.34. The van der Waals surface area contributed by atoms with E-state index < -0.39 is 23.3 Å². The summed E-state index contributed by atoms with van der Waals surface area (Å²) >= 11 is 0. The number of carboxylic acid groups (broad SMARTS) is 1. The van der Waals surface area contributed by atoms with E-state index in [0.717, 1.165) is 62.7 Å². The molecule has 0 aromatic rings. The number of hydrogen-bond donors (Lipinski definition) is 3. The molecule has 3 N–H and O–H groups in total. The topological polar surface area (TPSA) is 205 Å². The van der Waals surface area contributed by atoms with Gasteiger partial charge in [-0.2, -0.15) is 0 Å². The van der Waals surface area contributed by atoms with E-state index in [1.807, 2.05) is 20.8 Å². The van der Waals surface area contributed by atoms with Gasteiger partial charge in [0.25, 0.3) is 0 Å². The number of carbonyl (C=O) groups is 6. The van der Waals surface area contributed by atoms with E-state index >= 15 is 0 Å². The van der Waals surface area contributed by atoms with Gasteiger partial charge in [0.15, 0.2) is 0 Å². The largest absolute Gasteiger partial charge is 0.480 e. The molecule has 0 aliphatic carbocycles. The molecule has 0 atom stereocenters. The van der Waals surface area contributed by atoms with Crippen molar-refractivity contribution >= 4 is 35.8 Å². The molecule has 0 heterocycles. The molecule has 0 fully saturated rings. The maximum Gasteiger partial charge on any atom is 0.417 e. The van der Waals surface area contributed by atoms with Crippen LogP contribution in [0.1, 0.15) is 131 Å². The second-order valence-corrected chi connectivity index (χ2v) is 15.2. The predicted molar refractivity (Wildman–Crippen MR) is 205 cm³/mol. The van der Waals surface area contributed by atoms with Crippen molar-refractivity contribution in [1.29, 1.82) is 0 Å². The van der Waals surface area contributed by atoms with E-state index in [2.05, 4.69) is 10.6 Å². The molecule has 0 aromatic carbocycles. The van der Waals surface area contributed by atoms with Crippen LogP contribution >= 0.6 is 0 Å². The maximum atomic E-state index is 13.0. The summed E-state index contributed by atoms with van der Waals surface area (Å²) < 4.78 is 31.5. The van der Waals surface area contributed by atoms with E-state index in [4.69, 9.17) is 33.5 Å². The number of ether oxygens (including phenoxy) is 6. The first-order valence-corrected chi connectivity index (χ1v) is 19.8. The number of rotatable bonds is 33. The maximum absolute atomic E-state index is 13.0. The average Bonchev–Trinajstić information content (AvgIpc) is 3.07. The molecule has 55 heavy (non-hydrogen) atoms. The summed E-state index contributed by atoms with van der Waals surface area (Å²) in [6.45, 7) is 12.2. The fourth-order valence-electron chi connectivity index (χ4n) is 4.95. The van der Waals surface area contributed by atoms with Gasteiger partial charge in [0.05, 0.1) is 39.6 Å². The zero-order chi connectivity index (χ0) is 41.4. The summed E-state index contributed by atoms with van der Waals surface area (Å²) in [7, 11) is 0. The summed E-state index contributed by atoms with van der Waals surface area (Å²) in [4.78, 5) is 73.2. The number of nitrogens with zero attached hydrogens (tertiary/aromatic N) is 1. The number of amides is 4. The number of nitrogens with one attached hydrogen (secondary N) is 2. The number of carboxylic acids is 1. The molecular formula is C39H71N3O13. The second-order valence-electron chi connectivity index (χ2n) is 15.2. The molecule has 0 aliphatic heterocycles. The van der Waals surface area contributed by atoms with Crippen molar-refractivity contribution < 1.29 is 62.3 Å².